The van der Waals surface area contributed by atoms with Crippen molar-refractivity contribution >= 4 is 11.6 Å². The van der Waals surface area contributed by atoms with E-state index in [1.807, 2.05) is 0 Å². The Morgan fingerprint density at radius 1 is 1.29 bits per heavy atom. The summed E-state index contributed by atoms with van der Waals surface area (Å²) in [4.78, 5) is 11.2. The molecule has 0 bridgehead atoms. The number of nitrogens with zero attached hydrogens (tertiary/aromatic N) is 6. The summed E-state index contributed by atoms with van der Waals surface area (Å²) in [5.74, 6) is 3.28. The lowest BCUT2D eigenvalue weighted by Crippen LogP contribution is -2.35. The molecule has 7 heteroatoms. The van der Waals surface area contributed by atoms with E-state index in [1.165, 1.54) is 5.56 Å². The molecule has 2 aromatic rings. The largest absolute Gasteiger partial charge is 0.370 e. The van der Waals surface area contributed by atoms with Crippen molar-refractivity contribution in [3.05, 3.63) is 24.0 Å². The second-order valence-corrected chi connectivity index (χ2v) is 5.51. The van der Waals surface area contributed by atoms with E-state index in [0.717, 1.165) is 43.6 Å². The predicted molar refractivity (Wildman–Crippen MR) is 81.4 cm³/mol. The fourth-order valence-electron chi connectivity index (χ4n) is 2.73. The molecule has 0 fully saturated rings. The molecule has 3 heterocycles. The molecular weight excluding hydrogens is 266 g/mol. The number of anilines is 2. The average Bonchev–Trinajstić information content (AvgIpc) is 2.94. The molecule has 0 amide bonds. The SMILES string of the molecule is CCNc1ncnc(N2CCn3cnnc3C2)c1C(C)C. The highest BCUT2D eigenvalue weighted by atomic mass is 15.3. The van der Waals surface area contributed by atoms with Gasteiger partial charge in [0.25, 0.3) is 0 Å². The Kier molecular flexibility index (Phi) is 3.72. The number of aromatic nitrogens is 5. The van der Waals surface area contributed by atoms with Crippen LogP contribution in [-0.4, -0.2) is 37.8 Å². The topological polar surface area (TPSA) is 71.8 Å². The van der Waals surface area contributed by atoms with E-state index in [9.17, 15) is 0 Å². The maximum absolute atomic E-state index is 4.54. The summed E-state index contributed by atoms with van der Waals surface area (Å²) < 4.78 is 2.10. The van der Waals surface area contributed by atoms with Crippen LogP contribution in [0.25, 0.3) is 0 Å². The van der Waals surface area contributed by atoms with Crippen LogP contribution in [0.3, 0.4) is 0 Å². The molecule has 112 valence electrons. The van der Waals surface area contributed by atoms with Gasteiger partial charge in [0, 0.05) is 25.2 Å². The summed E-state index contributed by atoms with van der Waals surface area (Å²) in [6.45, 7) is 9.82. The lowest BCUT2D eigenvalue weighted by atomic mass is 10.0. The van der Waals surface area contributed by atoms with Crippen molar-refractivity contribution in [2.75, 3.05) is 23.3 Å². The van der Waals surface area contributed by atoms with Crippen molar-refractivity contribution < 1.29 is 0 Å². The van der Waals surface area contributed by atoms with Crippen LogP contribution in [0.5, 0.6) is 0 Å². The molecule has 0 aliphatic carbocycles. The van der Waals surface area contributed by atoms with Gasteiger partial charge in [0.15, 0.2) is 5.82 Å². The molecule has 1 N–H and O–H groups in total. The molecular formula is C14H21N7. The van der Waals surface area contributed by atoms with E-state index in [-0.39, 0.29) is 0 Å². The molecule has 1 aliphatic heterocycles. The Bertz CT molecular complexity index is 620. The lowest BCUT2D eigenvalue weighted by molar-refractivity contribution is 0.553. The molecule has 0 saturated carbocycles. The van der Waals surface area contributed by atoms with Crippen LogP contribution in [-0.2, 0) is 13.1 Å². The minimum atomic E-state index is 0.357. The number of hydrogen-bond acceptors (Lipinski definition) is 6. The quantitative estimate of drug-likeness (QED) is 0.921. The standard InChI is InChI=1S/C14H21N7/c1-4-15-13-12(10(2)3)14(17-8-16-13)20-5-6-21-9-18-19-11(21)7-20/h8-10H,4-7H2,1-3H3,(H,15,16,17). The van der Waals surface area contributed by atoms with Gasteiger partial charge in [-0.15, -0.1) is 10.2 Å². The van der Waals surface area contributed by atoms with E-state index >= 15 is 0 Å². The normalized spacial score (nSPS) is 14.4. The number of fused-ring (bicyclic) bond motifs is 1. The molecule has 0 saturated heterocycles. The number of rotatable bonds is 4. The van der Waals surface area contributed by atoms with Gasteiger partial charge in [-0.25, -0.2) is 9.97 Å². The highest BCUT2D eigenvalue weighted by molar-refractivity contribution is 5.60. The van der Waals surface area contributed by atoms with E-state index in [2.05, 4.69) is 55.7 Å². The highest BCUT2D eigenvalue weighted by Gasteiger charge is 2.24. The van der Waals surface area contributed by atoms with Gasteiger partial charge in [-0.2, -0.15) is 0 Å². The second-order valence-electron chi connectivity index (χ2n) is 5.51. The van der Waals surface area contributed by atoms with Gasteiger partial charge in [-0.3, -0.25) is 0 Å². The van der Waals surface area contributed by atoms with Crippen LogP contribution in [0.2, 0.25) is 0 Å². The van der Waals surface area contributed by atoms with E-state index in [1.54, 1.807) is 12.7 Å². The third-order valence-corrected chi connectivity index (χ3v) is 3.72. The Hall–Kier alpha value is -2.18. The van der Waals surface area contributed by atoms with Gasteiger partial charge >= 0.3 is 0 Å². The fourth-order valence-corrected chi connectivity index (χ4v) is 2.73. The molecule has 3 rings (SSSR count). The summed E-state index contributed by atoms with van der Waals surface area (Å²) in [5.41, 5.74) is 1.17. The van der Waals surface area contributed by atoms with E-state index in [0.29, 0.717) is 5.92 Å². The van der Waals surface area contributed by atoms with E-state index in [4.69, 9.17) is 0 Å². The Morgan fingerprint density at radius 2 is 2.14 bits per heavy atom. The average molecular weight is 287 g/mol. The minimum Gasteiger partial charge on any atom is -0.370 e. The monoisotopic (exact) mass is 287 g/mol. The maximum atomic E-state index is 4.54. The Labute approximate surface area is 124 Å². The molecule has 2 aromatic heterocycles. The fraction of sp³-hybridized carbons (Fsp3) is 0.571. The van der Waals surface area contributed by atoms with Crippen molar-refractivity contribution in [3.63, 3.8) is 0 Å². The summed E-state index contributed by atoms with van der Waals surface area (Å²) >= 11 is 0. The third kappa shape index (κ3) is 2.55. The molecule has 0 spiro atoms. The van der Waals surface area contributed by atoms with Gasteiger partial charge < -0.3 is 14.8 Å². The molecule has 21 heavy (non-hydrogen) atoms. The van der Waals surface area contributed by atoms with Gasteiger partial charge in [0.05, 0.1) is 6.54 Å². The van der Waals surface area contributed by atoms with Gasteiger partial charge in [-0.05, 0) is 12.8 Å². The number of nitrogens with one attached hydrogen (secondary N) is 1. The van der Waals surface area contributed by atoms with Crippen LogP contribution < -0.4 is 10.2 Å². The van der Waals surface area contributed by atoms with Gasteiger partial charge in [-0.1, -0.05) is 13.8 Å². The van der Waals surface area contributed by atoms with Crippen molar-refractivity contribution in [3.8, 4) is 0 Å². The van der Waals surface area contributed by atoms with Crippen molar-refractivity contribution in [1.29, 1.82) is 0 Å². The molecule has 0 radical (unpaired) electrons. The molecule has 0 aromatic carbocycles. The lowest BCUT2D eigenvalue weighted by Gasteiger charge is -2.30. The zero-order chi connectivity index (χ0) is 14.8. The second kappa shape index (κ2) is 5.67. The maximum Gasteiger partial charge on any atom is 0.152 e. The zero-order valence-electron chi connectivity index (χ0n) is 12.7. The van der Waals surface area contributed by atoms with E-state index < -0.39 is 0 Å². The van der Waals surface area contributed by atoms with Crippen molar-refractivity contribution in [2.24, 2.45) is 0 Å². The molecule has 1 aliphatic rings. The summed E-state index contributed by atoms with van der Waals surface area (Å²) in [7, 11) is 0. The smallest absolute Gasteiger partial charge is 0.152 e. The van der Waals surface area contributed by atoms with Crippen LogP contribution in [0.15, 0.2) is 12.7 Å². The number of hydrogen-bond donors (Lipinski definition) is 1. The van der Waals surface area contributed by atoms with Crippen LogP contribution in [0, 0.1) is 0 Å². The Morgan fingerprint density at radius 3 is 2.90 bits per heavy atom. The predicted octanol–water partition coefficient (Wildman–Crippen LogP) is 1.64. The van der Waals surface area contributed by atoms with Crippen LogP contribution in [0.4, 0.5) is 11.6 Å². The summed E-state index contributed by atoms with van der Waals surface area (Å²) in [6.07, 6.45) is 3.43. The highest BCUT2D eigenvalue weighted by Crippen LogP contribution is 2.32. The zero-order valence-corrected chi connectivity index (χ0v) is 12.7. The first kappa shape index (κ1) is 13.8. The molecule has 7 nitrogen and oxygen atoms in total. The Balaban J connectivity index is 1.97. The molecule has 0 atom stereocenters. The van der Waals surface area contributed by atoms with Crippen molar-refractivity contribution in [2.45, 2.75) is 39.8 Å². The first-order chi connectivity index (χ1) is 10.2. The van der Waals surface area contributed by atoms with Crippen LogP contribution >= 0.6 is 0 Å². The minimum absolute atomic E-state index is 0.357. The third-order valence-electron chi connectivity index (χ3n) is 3.72. The first-order valence-electron chi connectivity index (χ1n) is 7.41. The van der Waals surface area contributed by atoms with Crippen LogP contribution in [0.1, 0.15) is 38.1 Å². The van der Waals surface area contributed by atoms with Crippen molar-refractivity contribution in [1.82, 2.24) is 24.7 Å². The van der Waals surface area contributed by atoms with Gasteiger partial charge in [0.2, 0.25) is 0 Å². The summed E-state index contributed by atoms with van der Waals surface area (Å²) in [5, 5.41) is 11.5. The van der Waals surface area contributed by atoms with Gasteiger partial charge in [0.1, 0.15) is 24.3 Å². The summed E-state index contributed by atoms with van der Waals surface area (Å²) in [6, 6.07) is 0. The first-order valence-corrected chi connectivity index (χ1v) is 7.41. The molecule has 0 unspecified atom stereocenters.